The number of β-amino-alcohol motifs (C(OH)–C–C–N with tert-alkyl or cyclic N) is 1. The fourth-order valence-electron chi connectivity index (χ4n) is 2.19. The van der Waals surface area contributed by atoms with E-state index in [1.807, 2.05) is 30.3 Å². The Balaban J connectivity index is 1.58. The van der Waals surface area contributed by atoms with E-state index < -0.39 is 6.10 Å². The van der Waals surface area contributed by atoms with Gasteiger partial charge in [0, 0.05) is 12.1 Å². The number of rotatable bonds is 7. The number of hydrogen-bond donors (Lipinski definition) is 2. The van der Waals surface area contributed by atoms with E-state index in [1.54, 1.807) is 0 Å². The minimum Gasteiger partial charge on any atom is -0.389 e. The van der Waals surface area contributed by atoms with Gasteiger partial charge < -0.3 is 15.2 Å². The van der Waals surface area contributed by atoms with E-state index >= 15 is 0 Å². The number of ether oxygens (including phenoxy) is 1. The molecule has 0 radical (unpaired) electrons. The van der Waals surface area contributed by atoms with Gasteiger partial charge in [0.1, 0.15) is 0 Å². The number of benzene rings is 1. The summed E-state index contributed by atoms with van der Waals surface area (Å²) in [6.45, 7) is 3.78. The highest BCUT2D eigenvalue weighted by atomic mass is 16.5. The maximum absolute atomic E-state index is 9.82. The van der Waals surface area contributed by atoms with Crippen molar-refractivity contribution in [3.8, 4) is 0 Å². The number of aliphatic hydroxyl groups excluding tert-OH is 1. The third-order valence-electron chi connectivity index (χ3n) is 3.64. The molecule has 0 heterocycles. The highest BCUT2D eigenvalue weighted by Gasteiger charge is 2.31. The van der Waals surface area contributed by atoms with Gasteiger partial charge in [0.25, 0.3) is 0 Å². The Kier molecular flexibility index (Phi) is 4.75. The zero-order valence-corrected chi connectivity index (χ0v) is 11.1. The van der Waals surface area contributed by atoms with Crippen molar-refractivity contribution in [2.75, 3.05) is 13.2 Å². The molecule has 1 aliphatic carbocycles. The summed E-state index contributed by atoms with van der Waals surface area (Å²) in [4.78, 5) is 0. The average molecular weight is 249 g/mol. The highest BCUT2D eigenvalue weighted by Crippen LogP contribution is 2.30. The van der Waals surface area contributed by atoms with Crippen molar-refractivity contribution in [2.24, 2.45) is 0 Å². The molecule has 18 heavy (non-hydrogen) atoms. The molecular weight excluding hydrogens is 226 g/mol. The van der Waals surface area contributed by atoms with Crippen LogP contribution in [0.4, 0.5) is 0 Å². The first-order chi connectivity index (χ1) is 8.68. The van der Waals surface area contributed by atoms with Crippen LogP contribution >= 0.6 is 0 Å². The second-order valence-electron chi connectivity index (χ2n) is 5.45. The summed E-state index contributed by atoms with van der Waals surface area (Å²) in [5.74, 6) is 0. The Hall–Kier alpha value is -0.900. The fraction of sp³-hybridized carbons (Fsp3) is 0.600. The van der Waals surface area contributed by atoms with E-state index in [9.17, 15) is 5.11 Å². The molecule has 1 saturated carbocycles. The maximum Gasteiger partial charge on any atom is 0.0898 e. The van der Waals surface area contributed by atoms with E-state index in [-0.39, 0.29) is 5.54 Å². The van der Waals surface area contributed by atoms with Gasteiger partial charge in [-0.3, -0.25) is 0 Å². The van der Waals surface area contributed by atoms with Crippen LogP contribution in [0.5, 0.6) is 0 Å². The predicted molar refractivity (Wildman–Crippen MR) is 72.4 cm³/mol. The van der Waals surface area contributed by atoms with E-state index in [2.05, 4.69) is 12.2 Å². The molecule has 0 amide bonds. The molecule has 0 spiro atoms. The second kappa shape index (κ2) is 6.32. The highest BCUT2D eigenvalue weighted by molar-refractivity contribution is 5.13. The Morgan fingerprint density at radius 2 is 2.06 bits per heavy atom. The lowest BCUT2D eigenvalue weighted by atomic mass is 9.78. The van der Waals surface area contributed by atoms with Crippen molar-refractivity contribution in [1.29, 1.82) is 0 Å². The van der Waals surface area contributed by atoms with E-state index in [4.69, 9.17) is 4.74 Å². The van der Waals surface area contributed by atoms with Crippen LogP contribution in [0.1, 0.15) is 31.7 Å². The van der Waals surface area contributed by atoms with Gasteiger partial charge in [-0.1, -0.05) is 30.3 Å². The van der Waals surface area contributed by atoms with Gasteiger partial charge in [0.05, 0.1) is 19.3 Å². The van der Waals surface area contributed by atoms with Gasteiger partial charge in [-0.2, -0.15) is 0 Å². The van der Waals surface area contributed by atoms with Crippen LogP contribution in [-0.4, -0.2) is 29.9 Å². The van der Waals surface area contributed by atoms with E-state index in [1.165, 1.54) is 19.3 Å². The smallest absolute Gasteiger partial charge is 0.0898 e. The summed E-state index contributed by atoms with van der Waals surface area (Å²) in [5, 5.41) is 13.2. The first-order valence-corrected chi connectivity index (χ1v) is 6.73. The van der Waals surface area contributed by atoms with Crippen LogP contribution in [0.3, 0.4) is 0 Å². The number of nitrogens with one attached hydrogen (secondary N) is 1. The maximum atomic E-state index is 9.82. The molecule has 1 atom stereocenters. The first kappa shape index (κ1) is 13.5. The van der Waals surface area contributed by atoms with Crippen LogP contribution < -0.4 is 5.32 Å². The molecule has 0 aromatic heterocycles. The zero-order valence-electron chi connectivity index (χ0n) is 11.1. The molecule has 3 heteroatoms. The molecule has 100 valence electrons. The first-order valence-electron chi connectivity index (χ1n) is 6.73. The fourth-order valence-corrected chi connectivity index (χ4v) is 2.19. The Labute approximate surface area is 109 Å². The van der Waals surface area contributed by atoms with Crippen molar-refractivity contribution in [3.63, 3.8) is 0 Å². The lowest BCUT2D eigenvalue weighted by Crippen LogP contribution is -2.51. The van der Waals surface area contributed by atoms with Crippen LogP contribution in [0.2, 0.25) is 0 Å². The standard InChI is InChI=1S/C15H23NO2/c1-15(8-5-9-15)16-10-14(17)12-18-11-13-6-3-2-4-7-13/h2-4,6-7,14,16-17H,5,8-12H2,1H3. The predicted octanol–water partition coefficient (Wildman–Crippen LogP) is 2.10. The van der Waals surface area contributed by atoms with Crippen LogP contribution in [0.15, 0.2) is 30.3 Å². The topological polar surface area (TPSA) is 41.5 Å². The van der Waals surface area contributed by atoms with Crippen molar-refractivity contribution >= 4 is 0 Å². The number of hydrogen-bond acceptors (Lipinski definition) is 3. The largest absolute Gasteiger partial charge is 0.389 e. The summed E-state index contributed by atoms with van der Waals surface area (Å²) in [6.07, 6.45) is 3.30. The third kappa shape index (κ3) is 4.09. The molecule has 1 unspecified atom stereocenters. The molecule has 0 saturated heterocycles. The molecule has 2 rings (SSSR count). The lowest BCUT2D eigenvalue weighted by Gasteiger charge is -2.40. The summed E-state index contributed by atoms with van der Waals surface area (Å²) in [5.41, 5.74) is 1.39. The lowest BCUT2D eigenvalue weighted by molar-refractivity contribution is 0.0218. The van der Waals surface area contributed by atoms with E-state index in [0.717, 1.165) is 5.56 Å². The molecular formula is C15H23NO2. The minimum absolute atomic E-state index is 0.250. The average Bonchev–Trinajstić information content (AvgIpc) is 2.35. The third-order valence-corrected chi connectivity index (χ3v) is 3.64. The summed E-state index contributed by atoms with van der Waals surface area (Å²) >= 11 is 0. The second-order valence-corrected chi connectivity index (χ2v) is 5.45. The molecule has 1 aliphatic rings. The molecule has 0 aliphatic heterocycles. The van der Waals surface area contributed by atoms with Crippen LogP contribution in [-0.2, 0) is 11.3 Å². The normalized spacial score (nSPS) is 19.2. The zero-order chi connectivity index (χ0) is 12.8. The van der Waals surface area contributed by atoms with Crippen molar-refractivity contribution in [2.45, 2.75) is 44.4 Å². The molecule has 0 bridgehead atoms. The van der Waals surface area contributed by atoms with Gasteiger partial charge in [-0.25, -0.2) is 0 Å². The van der Waals surface area contributed by atoms with Crippen molar-refractivity contribution in [3.05, 3.63) is 35.9 Å². The summed E-state index contributed by atoms with van der Waals surface area (Å²) < 4.78 is 5.51. The molecule has 1 aromatic carbocycles. The number of aliphatic hydroxyl groups is 1. The monoisotopic (exact) mass is 249 g/mol. The summed E-state index contributed by atoms with van der Waals surface area (Å²) in [7, 11) is 0. The Bertz CT molecular complexity index is 349. The van der Waals surface area contributed by atoms with Gasteiger partial charge in [-0.15, -0.1) is 0 Å². The van der Waals surface area contributed by atoms with Crippen LogP contribution in [0, 0.1) is 0 Å². The quantitative estimate of drug-likeness (QED) is 0.777. The van der Waals surface area contributed by atoms with Gasteiger partial charge in [-0.05, 0) is 31.7 Å². The molecule has 1 aromatic rings. The van der Waals surface area contributed by atoms with Crippen LogP contribution in [0.25, 0.3) is 0 Å². The van der Waals surface area contributed by atoms with Gasteiger partial charge in [0.15, 0.2) is 0 Å². The van der Waals surface area contributed by atoms with Gasteiger partial charge >= 0.3 is 0 Å². The SMILES string of the molecule is CC1(NCC(O)COCc2ccccc2)CCC1. The Morgan fingerprint density at radius 3 is 2.67 bits per heavy atom. The minimum atomic E-state index is -0.425. The summed E-state index contributed by atoms with van der Waals surface area (Å²) in [6, 6.07) is 10.0. The Morgan fingerprint density at radius 1 is 1.33 bits per heavy atom. The van der Waals surface area contributed by atoms with Crippen molar-refractivity contribution in [1.82, 2.24) is 5.32 Å². The molecule has 2 N–H and O–H groups in total. The van der Waals surface area contributed by atoms with E-state index in [0.29, 0.717) is 19.8 Å². The van der Waals surface area contributed by atoms with Gasteiger partial charge in [0.2, 0.25) is 0 Å². The van der Waals surface area contributed by atoms with Crippen molar-refractivity contribution < 1.29 is 9.84 Å². The molecule has 3 nitrogen and oxygen atoms in total. The molecule has 1 fully saturated rings.